The van der Waals surface area contributed by atoms with E-state index < -0.39 is 0 Å². The average Bonchev–Trinajstić information content (AvgIpc) is 2.55. The third-order valence-corrected chi connectivity index (χ3v) is 4.28. The van der Waals surface area contributed by atoms with E-state index in [4.69, 9.17) is 5.73 Å². The fraction of sp³-hybridized carbons (Fsp3) is 1.00. The molecule has 0 aromatic heterocycles. The first-order chi connectivity index (χ1) is 7.05. The molecule has 0 aromatic rings. The van der Waals surface area contributed by atoms with Crippen LogP contribution in [0, 0.1) is 11.3 Å². The molecule has 2 rings (SSSR count). The first-order valence-corrected chi connectivity index (χ1v) is 6.53. The van der Waals surface area contributed by atoms with E-state index in [0.29, 0.717) is 11.5 Å². The number of halogens is 1. The Morgan fingerprint density at radius 2 is 1.81 bits per heavy atom. The molecule has 2 nitrogen and oxygen atoms in total. The molecule has 1 unspecified atom stereocenters. The van der Waals surface area contributed by atoms with Crippen LogP contribution in [-0.4, -0.2) is 30.6 Å². The average molecular weight is 247 g/mol. The van der Waals surface area contributed by atoms with Gasteiger partial charge in [0.1, 0.15) is 0 Å². The van der Waals surface area contributed by atoms with Crippen molar-refractivity contribution in [2.24, 2.45) is 17.1 Å². The van der Waals surface area contributed by atoms with Crippen LogP contribution in [0.3, 0.4) is 0 Å². The van der Waals surface area contributed by atoms with E-state index >= 15 is 0 Å². The fourth-order valence-corrected chi connectivity index (χ4v) is 3.04. The molecule has 0 radical (unpaired) electrons. The summed E-state index contributed by atoms with van der Waals surface area (Å²) in [6.45, 7) is 8.51. The van der Waals surface area contributed by atoms with Gasteiger partial charge in [-0.3, -0.25) is 0 Å². The van der Waals surface area contributed by atoms with Crippen LogP contribution in [0.25, 0.3) is 0 Å². The molecule has 1 saturated heterocycles. The van der Waals surface area contributed by atoms with Gasteiger partial charge < -0.3 is 10.6 Å². The van der Waals surface area contributed by atoms with Crippen LogP contribution in [0.4, 0.5) is 0 Å². The fourth-order valence-electron chi connectivity index (χ4n) is 3.04. The lowest BCUT2D eigenvalue weighted by atomic mass is 9.73. The van der Waals surface area contributed by atoms with Gasteiger partial charge in [-0.1, -0.05) is 13.8 Å². The van der Waals surface area contributed by atoms with Crippen molar-refractivity contribution in [3.05, 3.63) is 0 Å². The van der Waals surface area contributed by atoms with Crippen molar-refractivity contribution in [3.63, 3.8) is 0 Å². The molecule has 1 atom stereocenters. The molecule has 16 heavy (non-hydrogen) atoms. The molecule has 0 spiro atoms. The first-order valence-electron chi connectivity index (χ1n) is 6.53. The summed E-state index contributed by atoms with van der Waals surface area (Å²) in [6, 6.07) is 0.449. The van der Waals surface area contributed by atoms with Gasteiger partial charge in [-0.2, -0.15) is 0 Å². The molecular formula is C13H27ClN2. The lowest BCUT2D eigenvalue weighted by Crippen LogP contribution is -2.33. The van der Waals surface area contributed by atoms with E-state index in [9.17, 15) is 0 Å². The SMILES string of the molecule is CC1(C)CCC(CN2CCC(N)C2)CC1.Cl. The smallest absolute Gasteiger partial charge is 0.0180 e. The Morgan fingerprint density at radius 3 is 2.31 bits per heavy atom. The maximum atomic E-state index is 5.93. The van der Waals surface area contributed by atoms with Crippen LogP contribution in [-0.2, 0) is 0 Å². The Hall–Kier alpha value is 0.210. The number of nitrogens with two attached hydrogens (primary N) is 1. The van der Waals surface area contributed by atoms with E-state index in [0.717, 1.165) is 12.5 Å². The normalized spacial score (nSPS) is 31.3. The van der Waals surface area contributed by atoms with Crippen molar-refractivity contribution >= 4 is 12.4 Å². The summed E-state index contributed by atoms with van der Waals surface area (Å²) in [4.78, 5) is 2.58. The van der Waals surface area contributed by atoms with Crippen molar-refractivity contribution in [1.29, 1.82) is 0 Å². The highest BCUT2D eigenvalue weighted by atomic mass is 35.5. The second-order valence-corrected chi connectivity index (χ2v) is 6.42. The maximum absolute atomic E-state index is 5.93. The molecule has 0 aromatic carbocycles. The van der Waals surface area contributed by atoms with Crippen LogP contribution in [0.15, 0.2) is 0 Å². The Labute approximate surface area is 106 Å². The minimum Gasteiger partial charge on any atom is -0.326 e. The lowest BCUT2D eigenvalue weighted by Gasteiger charge is -2.35. The zero-order valence-electron chi connectivity index (χ0n) is 10.7. The van der Waals surface area contributed by atoms with Gasteiger partial charge >= 0.3 is 0 Å². The van der Waals surface area contributed by atoms with E-state index in [1.807, 2.05) is 0 Å². The summed E-state index contributed by atoms with van der Waals surface area (Å²) in [6.07, 6.45) is 6.89. The van der Waals surface area contributed by atoms with E-state index in [-0.39, 0.29) is 12.4 Å². The molecule has 2 N–H and O–H groups in total. The van der Waals surface area contributed by atoms with Crippen molar-refractivity contribution in [2.75, 3.05) is 19.6 Å². The van der Waals surface area contributed by atoms with Crippen LogP contribution in [0.1, 0.15) is 46.0 Å². The summed E-state index contributed by atoms with van der Waals surface area (Å²) in [5, 5.41) is 0. The Morgan fingerprint density at radius 1 is 1.19 bits per heavy atom. The minimum absolute atomic E-state index is 0. The standard InChI is InChI=1S/C13H26N2.ClH/c1-13(2)6-3-11(4-7-13)9-15-8-5-12(14)10-15;/h11-12H,3-10,14H2,1-2H3;1H. The third-order valence-electron chi connectivity index (χ3n) is 4.28. The van der Waals surface area contributed by atoms with Crippen molar-refractivity contribution in [2.45, 2.75) is 52.0 Å². The third kappa shape index (κ3) is 3.90. The van der Waals surface area contributed by atoms with Gasteiger partial charge in [0.15, 0.2) is 0 Å². The van der Waals surface area contributed by atoms with Gasteiger partial charge in [0, 0.05) is 19.1 Å². The minimum atomic E-state index is 0. The van der Waals surface area contributed by atoms with Crippen LogP contribution < -0.4 is 5.73 Å². The molecule has 2 aliphatic rings. The van der Waals surface area contributed by atoms with E-state index in [2.05, 4.69) is 18.7 Å². The lowest BCUT2D eigenvalue weighted by molar-refractivity contribution is 0.155. The Bertz CT molecular complexity index is 208. The predicted octanol–water partition coefficient (Wildman–Crippen LogP) is 2.66. The number of rotatable bonds is 2. The zero-order chi connectivity index (χ0) is 10.9. The van der Waals surface area contributed by atoms with E-state index in [1.54, 1.807) is 0 Å². The first kappa shape index (κ1) is 14.3. The van der Waals surface area contributed by atoms with Gasteiger partial charge in [-0.15, -0.1) is 12.4 Å². The number of likely N-dealkylation sites (tertiary alicyclic amines) is 1. The Balaban J connectivity index is 0.00000128. The second kappa shape index (κ2) is 5.70. The van der Waals surface area contributed by atoms with Crippen molar-refractivity contribution in [3.8, 4) is 0 Å². The zero-order valence-corrected chi connectivity index (χ0v) is 11.6. The van der Waals surface area contributed by atoms with Crippen LogP contribution in [0.5, 0.6) is 0 Å². The molecule has 1 aliphatic carbocycles. The number of hydrogen-bond acceptors (Lipinski definition) is 2. The molecule has 1 aliphatic heterocycles. The predicted molar refractivity (Wildman–Crippen MR) is 72.0 cm³/mol. The highest BCUT2D eigenvalue weighted by molar-refractivity contribution is 5.85. The molecule has 0 amide bonds. The monoisotopic (exact) mass is 246 g/mol. The molecule has 3 heteroatoms. The maximum Gasteiger partial charge on any atom is 0.0180 e. The highest BCUT2D eigenvalue weighted by Crippen LogP contribution is 2.38. The van der Waals surface area contributed by atoms with Crippen LogP contribution >= 0.6 is 12.4 Å². The summed E-state index contributed by atoms with van der Waals surface area (Å²) in [5.74, 6) is 0.948. The molecule has 0 bridgehead atoms. The summed E-state index contributed by atoms with van der Waals surface area (Å²) in [5.41, 5.74) is 6.54. The van der Waals surface area contributed by atoms with Gasteiger partial charge in [0.05, 0.1) is 0 Å². The number of hydrogen-bond donors (Lipinski definition) is 1. The second-order valence-electron chi connectivity index (χ2n) is 6.42. The van der Waals surface area contributed by atoms with E-state index in [1.165, 1.54) is 45.2 Å². The largest absolute Gasteiger partial charge is 0.326 e. The Kier molecular flexibility index (Phi) is 5.09. The molecule has 96 valence electrons. The topological polar surface area (TPSA) is 29.3 Å². The summed E-state index contributed by atoms with van der Waals surface area (Å²) >= 11 is 0. The summed E-state index contributed by atoms with van der Waals surface area (Å²) < 4.78 is 0. The molecule has 1 heterocycles. The van der Waals surface area contributed by atoms with Gasteiger partial charge in [0.25, 0.3) is 0 Å². The number of nitrogens with zero attached hydrogens (tertiary/aromatic N) is 1. The summed E-state index contributed by atoms with van der Waals surface area (Å²) in [7, 11) is 0. The van der Waals surface area contributed by atoms with Gasteiger partial charge in [-0.25, -0.2) is 0 Å². The molecular weight excluding hydrogens is 220 g/mol. The van der Waals surface area contributed by atoms with Gasteiger partial charge in [0.2, 0.25) is 0 Å². The quantitative estimate of drug-likeness (QED) is 0.812. The molecule has 1 saturated carbocycles. The van der Waals surface area contributed by atoms with Gasteiger partial charge in [-0.05, 0) is 50.0 Å². The van der Waals surface area contributed by atoms with Crippen molar-refractivity contribution in [1.82, 2.24) is 4.90 Å². The van der Waals surface area contributed by atoms with Crippen LogP contribution in [0.2, 0.25) is 0 Å². The molecule has 2 fully saturated rings. The highest BCUT2D eigenvalue weighted by Gasteiger charge is 2.29. The van der Waals surface area contributed by atoms with Crippen molar-refractivity contribution < 1.29 is 0 Å².